The van der Waals surface area contributed by atoms with Crippen LogP contribution in [0, 0.1) is 0 Å². The van der Waals surface area contributed by atoms with Gasteiger partial charge in [-0.2, -0.15) is 5.10 Å². The molecule has 0 fully saturated rings. The zero-order valence-electron chi connectivity index (χ0n) is 7.42. The lowest BCUT2D eigenvalue weighted by molar-refractivity contribution is -0.131. The Kier molecular flexibility index (Phi) is 3.43. The molecule has 72 valence electrons. The average molecular weight is 190 g/mol. The monoisotopic (exact) mass is 190 g/mol. The highest BCUT2D eigenvalue weighted by molar-refractivity contribution is 6.10. The van der Waals surface area contributed by atoms with Crippen LogP contribution in [0.15, 0.2) is 47.6 Å². The van der Waals surface area contributed by atoms with Crippen LogP contribution in [0.25, 0.3) is 0 Å². The molecule has 0 atom stereocenters. The van der Waals surface area contributed by atoms with Gasteiger partial charge in [0, 0.05) is 11.6 Å². The third-order valence-electron chi connectivity index (χ3n) is 1.59. The van der Waals surface area contributed by atoms with Crippen LogP contribution < -0.4 is 5.84 Å². The fourth-order valence-electron chi connectivity index (χ4n) is 0.973. The van der Waals surface area contributed by atoms with Crippen LogP contribution in [-0.2, 0) is 4.79 Å². The average Bonchev–Trinajstić information content (AvgIpc) is 2.20. The van der Waals surface area contributed by atoms with E-state index in [1.165, 1.54) is 6.08 Å². The number of hydrogen-bond acceptors (Lipinski definition) is 3. The van der Waals surface area contributed by atoms with Gasteiger partial charge in [0.05, 0.1) is 5.71 Å². The van der Waals surface area contributed by atoms with Crippen molar-refractivity contribution in [2.75, 3.05) is 0 Å². The summed E-state index contributed by atoms with van der Waals surface area (Å²) in [6.07, 6.45) is 2.36. The topological polar surface area (TPSA) is 75.7 Å². The van der Waals surface area contributed by atoms with Gasteiger partial charge in [0.15, 0.2) is 0 Å². The van der Waals surface area contributed by atoms with E-state index < -0.39 is 5.97 Å². The summed E-state index contributed by atoms with van der Waals surface area (Å²) < 4.78 is 0. The molecule has 0 unspecified atom stereocenters. The number of rotatable bonds is 3. The predicted molar refractivity (Wildman–Crippen MR) is 53.9 cm³/mol. The summed E-state index contributed by atoms with van der Waals surface area (Å²) >= 11 is 0. The lowest BCUT2D eigenvalue weighted by atomic mass is 10.1. The number of nitrogens with two attached hydrogens (primary N) is 1. The lowest BCUT2D eigenvalue weighted by Crippen LogP contribution is -2.01. The molecule has 0 amide bonds. The van der Waals surface area contributed by atoms with E-state index in [9.17, 15) is 4.79 Å². The second kappa shape index (κ2) is 4.81. The molecule has 0 saturated heterocycles. The number of aliphatic carboxylic acids is 1. The first-order chi connectivity index (χ1) is 6.74. The van der Waals surface area contributed by atoms with Crippen molar-refractivity contribution in [2.45, 2.75) is 0 Å². The van der Waals surface area contributed by atoms with Gasteiger partial charge in [-0.25, -0.2) is 4.79 Å². The largest absolute Gasteiger partial charge is 0.478 e. The molecule has 0 aliphatic heterocycles. The van der Waals surface area contributed by atoms with E-state index in [4.69, 9.17) is 10.9 Å². The van der Waals surface area contributed by atoms with Crippen LogP contribution in [-0.4, -0.2) is 16.8 Å². The van der Waals surface area contributed by atoms with E-state index >= 15 is 0 Å². The lowest BCUT2D eigenvalue weighted by Gasteiger charge is -1.97. The zero-order valence-corrected chi connectivity index (χ0v) is 7.42. The van der Waals surface area contributed by atoms with E-state index in [2.05, 4.69) is 5.10 Å². The first-order valence-corrected chi connectivity index (χ1v) is 3.98. The summed E-state index contributed by atoms with van der Waals surface area (Å²) in [5, 5.41) is 11.9. The fourth-order valence-corrected chi connectivity index (χ4v) is 0.973. The molecule has 4 nitrogen and oxygen atoms in total. The van der Waals surface area contributed by atoms with E-state index in [1.54, 1.807) is 12.1 Å². The van der Waals surface area contributed by atoms with Gasteiger partial charge in [-0.15, -0.1) is 0 Å². The Morgan fingerprint density at radius 2 is 1.93 bits per heavy atom. The molecule has 0 bridgehead atoms. The van der Waals surface area contributed by atoms with Gasteiger partial charge in [-0.05, 0) is 6.08 Å². The minimum atomic E-state index is -1.03. The summed E-state index contributed by atoms with van der Waals surface area (Å²) in [4.78, 5) is 10.3. The number of nitrogens with zero attached hydrogens (tertiary/aromatic N) is 1. The number of hydrogen-bond donors (Lipinski definition) is 2. The van der Waals surface area contributed by atoms with Crippen LogP contribution in [0.1, 0.15) is 5.56 Å². The fraction of sp³-hybridized carbons (Fsp3) is 0. The number of carbonyl (C=O) groups is 1. The van der Waals surface area contributed by atoms with Crippen molar-refractivity contribution in [2.24, 2.45) is 10.9 Å². The SMILES string of the molecule is NN=C(C=CC(=O)O)c1ccccc1. The third kappa shape index (κ3) is 2.75. The summed E-state index contributed by atoms with van der Waals surface area (Å²) in [6, 6.07) is 9.12. The van der Waals surface area contributed by atoms with E-state index in [0.717, 1.165) is 11.6 Å². The number of benzene rings is 1. The van der Waals surface area contributed by atoms with E-state index in [0.29, 0.717) is 5.71 Å². The molecular weight excluding hydrogens is 180 g/mol. The second-order valence-electron chi connectivity index (χ2n) is 2.55. The van der Waals surface area contributed by atoms with Crippen LogP contribution in [0.5, 0.6) is 0 Å². The summed E-state index contributed by atoms with van der Waals surface area (Å²) in [5.41, 5.74) is 1.22. The maximum absolute atomic E-state index is 10.3. The third-order valence-corrected chi connectivity index (χ3v) is 1.59. The van der Waals surface area contributed by atoms with Crippen molar-refractivity contribution in [3.8, 4) is 0 Å². The summed E-state index contributed by atoms with van der Waals surface area (Å²) in [5.74, 6) is 4.11. The van der Waals surface area contributed by atoms with Gasteiger partial charge in [-0.3, -0.25) is 0 Å². The van der Waals surface area contributed by atoms with Crippen LogP contribution >= 0.6 is 0 Å². The first kappa shape index (κ1) is 9.98. The molecule has 1 aromatic rings. The molecular formula is C10H10N2O2. The summed E-state index contributed by atoms with van der Waals surface area (Å²) in [6.45, 7) is 0. The quantitative estimate of drug-likeness (QED) is 0.323. The molecule has 0 radical (unpaired) electrons. The van der Waals surface area contributed by atoms with Crippen molar-refractivity contribution < 1.29 is 9.90 Å². The maximum atomic E-state index is 10.3. The second-order valence-corrected chi connectivity index (χ2v) is 2.55. The minimum Gasteiger partial charge on any atom is -0.478 e. The van der Waals surface area contributed by atoms with Crippen LogP contribution in [0.3, 0.4) is 0 Å². The standard InChI is InChI=1S/C10H10N2O2/c11-12-9(6-7-10(13)14)8-4-2-1-3-5-8/h1-7H,11H2,(H,13,14). The van der Waals surface area contributed by atoms with Crippen LogP contribution in [0.4, 0.5) is 0 Å². The molecule has 3 N–H and O–H groups in total. The number of carboxylic acids is 1. The Hall–Kier alpha value is -2.10. The number of hydrazone groups is 1. The normalized spacial score (nSPS) is 11.9. The highest BCUT2D eigenvalue weighted by Crippen LogP contribution is 2.01. The Balaban J connectivity index is 2.90. The molecule has 0 spiro atoms. The molecule has 4 heteroatoms. The first-order valence-electron chi connectivity index (χ1n) is 3.98. The van der Waals surface area contributed by atoms with Crippen molar-refractivity contribution in [3.05, 3.63) is 48.0 Å². The van der Waals surface area contributed by atoms with Crippen molar-refractivity contribution in [3.63, 3.8) is 0 Å². The van der Waals surface area contributed by atoms with E-state index in [1.807, 2.05) is 18.2 Å². The Bertz CT molecular complexity index is 369. The van der Waals surface area contributed by atoms with Crippen molar-refractivity contribution >= 4 is 11.7 Å². The van der Waals surface area contributed by atoms with Gasteiger partial charge < -0.3 is 10.9 Å². The van der Waals surface area contributed by atoms with Gasteiger partial charge in [0.1, 0.15) is 0 Å². The van der Waals surface area contributed by atoms with Gasteiger partial charge in [-0.1, -0.05) is 30.3 Å². The smallest absolute Gasteiger partial charge is 0.328 e. The van der Waals surface area contributed by atoms with Gasteiger partial charge >= 0.3 is 5.97 Å². The Morgan fingerprint density at radius 1 is 1.29 bits per heavy atom. The maximum Gasteiger partial charge on any atom is 0.328 e. The Morgan fingerprint density at radius 3 is 2.43 bits per heavy atom. The predicted octanol–water partition coefficient (Wildman–Crippen LogP) is 0.990. The van der Waals surface area contributed by atoms with E-state index in [-0.39, 0.29) is 0 Å². The van der Waals surface area contributed by atoms with Crippen molar-refractivity contribution in [1.82, 2.24) is 0 Å². The molecule has 14 heavy (non-hydrogen) atoms. The number of allylic oxidation sites excluding steroid dienone is 1. The molecule has 0 aliphatic carbocycles. The summed E-state index contributed by atoms with van der Waals surface area (Å²) in [7, 11) is 0. The number of carboxylic acid groups (broad SMARTS) is 1. The molecule has 0 heterocycles. The van der Waals surface area contributed by atoms with Gasteiger partial charge in [0.25, 0.3) is 0 Å². The van der Waals surface area contributed by atoms with Crippen molar-refractivity contribution in [1.29, 1.82) is 0 Å². The molecule has 1 aromatic carbocycles. The van der Waals surface area contributed by atoms with Gasteiger partial charge in [0.2, 0.25) is 0 Å². The minimum absolute atomic E-state index is 0.438. The molecule has 0 aliphatic rings. The zero-order chi connectivity index (χ0) is 10.4. The highest BCUT2D eigenvalue weighted by Gasteiger charge is 1.98. The molecule has 0 aromatic heterocycles. The Labute approximate surface area is 81.4 Å². The molecule has 0 saturated carbocycles. The van der Waals surface area contributed by atoms with Crippen LogP contribution in [0.2, 0.25) is 0 Å². The highest BCUT2D eigenvalue weighted by atomic mass is 16.4. The molecule has 1 rings (SSSR count).